The van der Waals surface area contributed by atoms with Crippen LogP contribution < -0.4 is 4.74 Å². The molecule has 1 aromatic carbocycles. The summed E-state index contributed by atoms with van der Waals surface area (Å²) in [6.07, 6.45) is -6.25. The number of carbonyl (C=O) groups is 2. The molecule has 0 heterocycles. The van der Waals surface area contributed by atoms with Crippen molar-refractivity contribution in [1.29, 1.82) is 0 Å². The molecule has 0 amide bonds. The van der Waals surface area contributed by atoms with Crippen molar-refractivity contribution in [3.8, 4) is 5.75 Å². The third-order valence-corrected chi connectivity index (χ3v) is 2.66. The van der Waals surface area contributed by atoms with E-state index in [2.05, 4.69) is 9.47 Å². The number of hydrogen-bond acceptors (Lipinski definition) is 4. The molecule has 0 aromatic heterocycles. The van der Waals surface area contributed by atoms with Gasteiger partial charge in [0.25, 0.3) is 0 Å². The molecule has 0 fully saturated rings. The van der Waals surface area contributed by atoms with Gasteiger partial charge in [0.1, 0.15) is 0 Å². The zero-order chi connectivity index (χ0) is 20.2. The van der Waals surface area contributed by atoms with E-state index < -0.39 is 78.6 Å². The maximum absolute atomic E-state index is 13.2. The Morgan fingerprint density at radius 1 is 0.808 bits per heavy atom. The predicted molar refractivity (Wildman–Crippen MR) is 63.0 cm³/mol. The van der Waals surface area contributed by atoms with Gasteiger partial charge in [0, 0.05) is 0 Å². The highest BCUT2D eigenvalue weighted by atomic mass is 19.3. The van der Waals surface area contributed by atoms with Gasteiger partial charge in [-0.1, -0.05) is 0 Å². The van der Waals surface area contributed by atoms with Crippen LogP contribution in [-0.4, -0.2) is 30.9 Å². The maximum atomic E-state index is 13.2. The number of ether oxygens (including phenoxy) is 2. The second-order valence-electron chi connectivity index (χ2n) is 4.60. The summed E-state index contributed by atoms with van der Waals surface area (Å²) < 4.78 is 121. The fourth-order valence-corrected chi connectivity index (χ4v) is 1.36. The quantitative estimate of drug-likeness (QED) is 0.232. The second kappa shape index (κ2) is 8.27. The molecule has 0 unspecified atom stereocenters. The zero-order valence-corrected chi connectivity index (χ0v) is 12.2. The third kappa shape index (κ3) is 5.02. The predicted octanol–water partition coefficient (Wildman–Crippen LogP) is 3.51. The molecule has 1 rings (SSSR count). The highest BCUT2D eigenvalue weighted by molar-refractivity contribution is 5.79. The SMILES string of the molecule is O=C(CCC(=O)Oc1c(F)c(F)c(F)c(F)c1F)OCC(F)(F)C(F)F. The number of benzene rings is 1. The van der Waals surface area contributed by atoms with Crippen molar-refractivity contribution in [3.05, 3.63) is 29.1 Å². The van der Waals surface area contributed by atoms with Gasteiger partial charge in [-0.15, -0.1) is 0 Å². The van der Waals surface area contributed by atoms with Crippen molar-refractivity contribution < 1.29 is 58.6 Å². The number of rotatable bonds is 7. The van der Waals surface area contributed by atoms with E-state index >= 15 is 0 Å². The molecule has 0 bridgehead atoms. The van der Waals surface area contributed by atoms with Gasteiger partial charge in [0.2, 0.25) is 34.8 Å². The molecule has 0 aliphatic heterocycles. The van der Waals surface area contributed by atoms with Crippen molar-refractivity contribution in [2.75, 3.05) is 6.61 Å². The molecule has 13 heteroatoms. The van der Waals surface area contributed by atoms with Gasteiger partial charge in [-0.25, -0.2) is 22.0 Å². The average molecular weight is 398 g/mol. The average Bonchev–Trinajstić information content (AvgIpc) is 2.58. The van der Waals surface area contributed by atoms with Crippen molar-refractivity contribution in [2.24, 2.45) is 0 Å². The lowest BCUT2D eigenvalue weighted by atomic mass is 10.2. The molecule has 0 aliphatic carbocycles. The Hall–Kier alpha value is -2.47. The minimum Gasteiger partial charge on any atom is -0.459 e. The summed E-state index contributed by atoms with van der Waals surface area (Å²) in [4.78, 5) is 22.3. The second-order valence-corrected chi connectivity index (χ2v) is 4.60. The summed E-state index contributed by atoms with van der Waals surface area (Å²) in [6.45, 7) is -1.99. The number of esters is 2. The van der Waals surface area contributed by atoms with Gasteiger partial charge < -0.3 is 9.47 Å². The number of hydrogen-bond donors (Lipinski definition) is 0. The van der Waals surface area contributed by atoms with Gasteiger partial charge in [-0.2, -0.15) is 17.6 Å². The minimum absolute atomic E-state index is 1.05. The third-order valence-electron chi connectivity index (χ3n) is 2.66. The Balaban J connectivity index is 2.65. The van der Waals surface area contributed by atoms with E-state index in [0.717, 1.165) is 0 Å². The number of halogens is 9. The van der Waals surface area contributed by atoms with Crippen LogP contribution >= 0.6 is 0 Å². The molecule has 0 radical (unpaired) electrons. The van der Waals surface area contributed by atoms with E-state index in [4.69, 9.17) is 0 Å². The monoisotopic (exact) mass is 398 g/mol. The van der Waals surface area contributed by atoms with Gasteiger partial charge in [0.05, 0.1) is 12.8 Å². The van der Waals surface area contributed by atoms with Gasteiger partial charge in [-0.3, -0.25) is 9.59 Å². The molecule has 0 spiro atoms. The number of alkyl halides is 4. The van der Waals surface area contributed by atoms with Crippen molar-refractivity contribution in [1.82, 2.24) is 0 Å². The first-order valence-corrected chi connectivity index (χ1v) is 6.42. The zero-order valence-electron chi connectivity index (χ0n) is 12.2. The van der Waals surface area contributed by atoms with Gasteiger partial charge in [0.15, 0.2) is 6.61 Å². The van der Waals surface area contributed by atoms with E-state index in [0.29, 0.717) is 0 Å². The highest BCUT2D eigenvalue weighted by Crippen LogP contribution is 2.29. The fourth-order valence-electron chi connectivity index (χ4n) is 1.36. The van der Waals surface area contributed by atoms with Gasteiger partial charge in [-0.05, 0) is 0 Å². The molecule has 0 N–H and O–H groups in total. The summed E-state index contributed by atoms with van der Waals surface area (Å²) >= 11 is 0. The summed E-state index contributed by atoms with van der Waals surface area (Å²) in [5, 5.41) is 0. The first kappa shape index (κ1) is 21.6. The Bertz CT molecular complexity index is 676. The summed E-state index contributed by atoms with van der Waals surface area (Å²) in [7, 11) is 0. The first-order chi connectivity index (χ1) is 11.9. The lowest BCUT2D eigenvalue weighted by Crippen LogP contribution is -2.33. The molecule has 0 atom stereocenters. The highest BCUT2D eigenvalue weighted by Gasteiger charge is 2.42. The molecule has 0 saturated carbocycles. The molecular formula is C13H7F9O4. The Labute approximate surface area is 138 Å². The van der Waals surface area contributed by atoms with Crippen LogP contribution in [0.5, 0.6) is 5.75 Å². The molecule has 146 valence electrons. The Morgan fingerprint density at radius 2 is 1.23 bits per heavy atom. The molecule has 4 nitrogen and oxygen atoms in total. The largest absolute Gasteiger partial charge is 0.459 e. The Kier molecular flexibility index (Phi) is 6.86. The molecular weight excluding hydrogens is 391 g/mol. The first-order valence-electron chi connectivity index (χ1n) is 6.42. The van der Waals surface area contributed by atoms with Crippen molar-refractivity contribution >= 4 is 11.9 Å². The lowest BCUT2D eigenvalue weighted by molar-refractivity contribution is -0.180. The van der Waals surface area contributed by atoms with Crippen LogP contribution in [0, 0.1) is 29.1 Å². The van der Waals surface area contributed by atoms with Crippen LogP contribution in [0.25, 0.3) is 0 Å². The minimum atomic E-state index is -4.63. The van der Waals surface area contributed by atoms with E-state index in [9.17, 15) is 49.1 Å². The maximum Gasteiger partial charge on any atom is 0.340 e. The van der Waals surface area contributed by atoms with E-state index in [-0.39, 0.29) is 0 Å². The van der Waals surface area contributed by atoms with E-state index in [1.807, 2.05) is 0 Å². The van der Waals surface area contributed by atoms with Crippen LogP contribution in [0.1, 0.15) is 12.8 Å². The smallest absolute Gasteiger partial charge is 0.340 e. The van der Waals surface area contributed by atoms with E-state index in [1.165, 1.54) is 0 Å². The van der Waals surface area contributed by atoms with Crippen LogP contribution in [0.4, 0.5) is 39.5 Å². The summed E-state index contributed by atoms with van der Waals surface area (Å²) in [5.41, 5.74) is 0. The normalized spacial score (nSPS) is 11.6. The molecule has 0 aliphatic rings. The summed E-state index contributed by atoms with van der Waals surface area (Å²) in [5.74, 6) is -22.0. The summed E-state index contributed by atoms with van der Waals surface area (Å²) in [6, 6.07) is 0. The Morgan fingerprint density at radius 3 is 1.69 bits per heavy atom. The molecule has 0 saturated heterocycles. The van der Waals surface area contributed by atoms with Crippen LogP contribution in [0.15, 0.2) is 0 Å². The van der Waals surface area contributed by atoms with Crippen molar-refractivity contribution in [2.45, 2.75) is 25.2 Å². The lowest BCUT2D eigenvalue weighted by Gasteiger charge is -2.14. The van der Waals surface area contributed by atoms with Crippen molar-refractivity contribution in [3.63, 3.8) is 0 Å². The molecule has 26 heavy (non-hydrogen) atoms. The van der Waals surface area contributed by atoms with Crippen LogP contribution in [-0.2, 0) is 14.3 Å². The van der Waals surface area contributed by atoms with Gasteiger partial charge >= 0.3 is 24.3 Å². The molecule has 1 aromatic rings. The number of carbonyl (C=O) groups excluding carboxylic acids is 2. The fraction of sp³-hybridized carbons (Fsp3) is 0.385. The van der Waals surface area contributed by atoms with Crippen LogP contribution in [0.2, 0.25) is 0 Å². The van der Waals surface area contributed by atoms with Crippen LogP contribution in [0.3, 0.4) is 0 Å². The van der Waals surface area contributed by atoms with E-state index in [1.54, 1.807) is 0 Å². The topological polar surface area (TPSA) is 52.6 Å². The standard InChI is InChI=1S/C13H7F9O4/c14-6-7(15)9(17)11(10(18)8(6)16)26-5(24)2-1-4(23)25-3-13(21,22)12(19)20/h12H,1-3H2.